The predicted octanol–water partition coefficient (Wildman–Crippen LogP) is 4.55. The fraction of sp³-hybridized carbons (Fsp3) is 0.174. The molecule has 1 heterocycles. The van der Waals surface area contributed by atoms with Crippen molar-refractivity contribution < 1.29 is 17.9 Å². The van der Waals surface area contributed by atoms with Crippen molar-refractivity contribution in [1.82, 2.24) is 0 Å². The number of carbonyl (C=O) groups excluding carboxylic acids is 1. The minimum absolute atomic E-state index is 0.154. The van der Waals surface area contributed by atoms with Crippen LogP contribution >= 0.6 is 11.6 Å². The molecule has 160 valence electrons. The van der Waals surface area contributed by atoms with Gasteiger partial charge >= 0.3 is 0 Å². The van der Waals surface area contributed by atoms with E-state index in [0.29, 0.717) is 22.1 Å². The van der Waals surface area contributed by atoms with Crippen molar-refractivity contribution >= 4 is 38.9 Å². The lowest BCUT2D eigenvalue weighted by Crippen LogP contribution is -2.48. The molecule has 0 bridgehead atoms. The second-order valence-electron chi connectivity index (χ2n) is 7.43. The summed E-state index contributed by atoms with van der Waals surface area (Å²) in [6, 6.07) is 18.6. The number of hydrogen-bond acceptors (Lipinski definition) is 4. The number of anilines is 2. The third-order valence-electron chi connectivity index (χ3n) is 4.98. The molecule has 8 heteroatoms. The van der Waals surface area contributed by atoms with Gasteiger partial charge < -0.3 is 10.1 Å². The molecule has 0 aliphatic carbocycles. The first-order chi connectivity index (χ1) is 14.7. The third-order valence-corrected chi connectivity index (χ3v) is 7.01. The Labute approximate surface area is 186 Å². The molecule has 1 N–H and O–H groups in total. The van der Waals surface area contributed by atoms with Gasteiger partial charge in [0.05, 0.1) is 17.1 Å². The van der Waals surface area contributed by atoms with E-state index in [2.05, 4.69) is 5.32 Å². The molecule has 1 amide bonds. The fourth-order valence-electron chi connectivity index (χ4n) is 3.35. The summed E-state index contributed by atoms with van der Waals surface area (Å²) in [7, 11) is -3.90. The van der Waals surface area contributed by atoms with E-state index in [0.717, 1.165) is 11.1 Å². The normalized spacial score (nSPS) is 15.7. The number of fused-ring (bicyclic) bond motifs is 1. The van der Waals surface area contributed by atoms with Crippen LogP contribution < -0.4 is 14.4 Å². The van der Waals surface area contributed by atoms with Crippen molar-refractivity contribution in [2.24, 2.45) is 0 Å². The minimum Gasteiger partial charge on any atom is -0.476 e. The van der Waals surface area contributed by atoms with Gasteiger partial charge in [0.2, 0.25) is 0 Å². The number of hydrogen-bond donors (Lipinski definition) is 1. The number of amides is 1. The summed E-state index contributed by atoms with van der Waals surface area (Å²) < 4.78 is 34.1. The Balaban J connectivity index is 1.70. The van der Waals surface area contributed by atoms with Crippen LogP contribution in [-0.2, 0) is 14.8 Å². The Bertz CT molecular complexity index is 1240. The maximum atomic E-state index is 13.5. The van der Waals surface area contributed by atoms with E-state index in [1.165, 1.54) is 4.31 Å². The van der Waals surface area contributed by atoms with Crippen LogP contribution in [0.15, 0.2) is 71.6 Å². The smallest absolute Gasteiger partial charge is 0.267 e. The molecule has 1 aliphatic heterocycles. The highest BCUT2D eigenvalue weighted by atomic mass is 35.5. The van der Waals surface area contributed by atoms with Gasteiger partial charge in [-0.25, -0.2) is 8.42 Å². The number of nitrogens with zero attached hydrogens (tertiary/aromatic N) is 1. The zero-order valence-electron chi connectivity index (χ0n) is 17.0. The average molecular weight is 457 g/mol. The highest BCUT2D eigenvalue weighted by molar-refractivity contribution is 7.92. The van der Waals surface area contributed by atoms with E-state index in [4.69, 9.17) is 16.3 Å². The number of halogens is 1. The van der Waals surface area contributed by atoms with E-state index in [-0.39, 0.29) is 11.4 Å². The SMILES string of the molecule is Cc1ccc(S(=O)(=O)N2CC(C(=O)Nc3cccc(Cl)c3)Oc3ccc(C)cc32)cc1. The second-order valence-corrected chi connectivity index (χ2v) is 9.73. The number of nitrogens with one attached hydrogen (secondary N) is 1. The molecule has 4 rings (SSSR count). The molecule has 0 saturated carbocycles. The van der Waals surface area contributed by atoms with Gasteiger partial charge in [0.25, 0.3) is 15.9 Å². The minimum atomic E-state index is -3.90. The summed E-state index contributed by atoms with van der Waals surface area (Å²) in [5.41, 5.74) is 2.75. The van der Waals surface area contributed by atoms with Gasteiger partial charge in [-0.15, -0.1) is 0 Å². The van der Waals surface area contributed by atoms with Crippen LogP contribution in [0.5, 0.6) is 5.75 Å². The Morgan fingerprint density at radius 1 is 1.03 bits per heavy atom. The number of carbonyl (C=O) groups is 1. The van der Waals surface area contributed by atoms with E-state index >= 15 is 0 Å². The lowest BCUT2D eigenvalue weighted by molar-refractivity contribution is -0.122. The zero-order chi connectivity index (χ0) is 22.2. The lowest BCUT2D eigenvalue weighted by atomic mass is 10.1. The third kappa shape index (κ3) is 4.38. The van der Waals surface area contributed by atoms with E-state index in [9.17, 15) is 13.2 Å². The van der Waals surface area contributed by atoms with Crippen molar-refractivity contribution in [3.05, 3.63) is 82.9 Å². The van der Waals surface area contributed by atoms with Gasteiger partial charge in [0.15, 0.2) is 6.10 Å². The molecule has 6 nitrogen and oxygen atoms in total. The largest absolute Gasteiger partial charge is 0.476 e. The van der Waals surface area contributed by atoms with Gasteiger partial charge in [-0.3, -0.25) is 9.10 Å². The summed E-state index contributed by atoms with van der Waals surface area (Å²) in [6.45, 7) is 3.61. The molecule has 1 atom stereocenters. The maximum absolute atomic E-state index is 13.5. The number of aryl methyl sites for hydroxylation is 2. The van der Waals surface area contributed by atoms with Crippen LogP contribution in [0.2, 0.25) is 5.02 Å². The average Bonchev–Trinajstić information content (AvgIpc) is 2.73. The van der Waals surface area contributed by atoms with Crippen LogP contribution in [0.4, 0.5) is 11.4 Å². The molecule has 31 heavy (non-hydrogen) atoms. The highest BCUT2D eigenvalue weighted by Crippen LogP contribution is 2.38. The molecule has 3 aromatic rings. The summed E-state index contributed by atoms with van der Waals surface area (Å²) in [4.78, 5) is 13.1. The Kier molecular flexibility index (Phi) is 5.64. The Morgan fingerprint density at radius 3 is 2.45 bits per heavy atom. The van der Waals surface area contributed by atoms with Crippen LogP contribution in [0, 0.1) is 13.8 Å². The maximum Gasteiger partial charge on any atom is 0.267 e. The van der Waals surface area contributed by atoms with Crippen molar-refractivity contribution in [2.45, 2.75) is 24.8 Å². The molecular formula is C23H21ClN2O4S. The first kappa shape index (κ1) is 21.2. The van der Waals surface area contributed by atoms with Crippen LogP contribution in [0.1, 0.15) is 11.1 Å². The monoisotopic (exact) mass is 456 g/mol. The van der Waals surface area contributed by atoms with Gasteiger partial charge in [0, 0.05) is 10.7 Å². The Morgan fingerprint density at radius 2 is 1.74 bits per heavy atom. The summed E-state index contributed by atoms with van der Waals surface area (Å²) in [6.07, 6.45) is -1.03. The standard InChI is InChI=1S/C23H21ClN2O4S/c1-15-6-9-19(10-7-15)31(28,29)26-14-22(30-21-11-8-16(2)12-20(21)26)23(27)25-18-5-3-4-17(24)13-18/h3-13,22H,14H2,1-2H3,(H,25,27). The van der Waals surface area contributed by atoms with E-state index in [1.807, 2.05) is 19.9 Å². The molecule has 0 fully saturated rings. The highest BCUT2D eigenvalue weighted by Gasteiger charge is 2.37. The Hall–Kier alpha value is -3.03. The first-order valence-electron chi connectivity index (χ1n) is 9.67. The predicted molar refractivity (Wildman–Crippen MR) is 121 cm³/mol. The van der Waals surface area contributed by atoms with Gasteiger partial charge in [0.1, 0.15) is 5.75 Å². The van der Waals surface area contributed by atoms with E-state index in [1.54, 1.807) is 60.7 Å². The van der Waals surface area contributed by atoms with Crippen LogP contribution in [0.25, 0.3) is 0 Å². The molecule has 0 saturated heterocycles. The molecule has 0 radical (unpaired) electrons. The fourth-order valence-corrected chi connectivity index (χ4v) is 5.01. The number of rotatable bonds is 4. The van der Waals surface area contributed by atoms with Gasteiger partial charge in [-0.2, -0.15) is 0 Å². The zero-order valence-corrected chi connectivity index (χ0v) is 18.6. The van der Waals surface area contributed by atoms with Crippen LogP contribution in [-0.4, -0.2) is 27.0 Å². The van der Waals surface area contributed by atoms with Crippen molar-refractivity contribution in [3.63, 3.8) is 0 Å². The van der Waals surface area contributed by atoms with Gasteiger partial charge in [-0.05, 0) is 61.9 Å². The van der Waals surface area contributed by atoms with Crippen molar-refractivity contribution in [3.8, 4) is 5.75 Å². The molecular weight excluding hydrogens is 436 g/mol. The molecule has 1 aliphatic rings. The number of ether oxygens (including phenoxy) is 1. The molecule has 0 aromatic heterocycles. The second kappa shape index (κ2) is 8.24. The summed E-state index contributed by atoms with van der Waals surface area (Å²) in [5, 5.41) is 3.22. The van der Waals surface area contributed by atoms with Gasteiger partial charge in [-0.1, -0.05) is 41.4 Å². The van der Waals surface area contributed by atoms with Crippen LogP contribution in [0.3, 0.4) is 0 Å². The quantitative estimate of drug-likeness (QED) is 0.624. The summed E-state index contributed by atoms with van der Waals surface area (Å²) in [5.74, 6) is -0.128. The van der Waals surface area contributed by atoms with Crippen molar-refractivity contribution in [1.29, 1.82) is 0 Å². The first-order valence-corrected chi connectivity index (χ1v) is 11.5. The molecule has 1 unspecified atom stereocenters. The lowest BCUT2D eigenvalue weighted by Gasteiger charge is -2.35. The molecule has 0 spiro atoms. The van der Waals surface area contributed by atoms with Crippen molar-refractivity contribution in [2.75, 3.05) is 16.2 Å². The summed E-state index contributed by atoms with van der Waals surface area (Å²) >= 11 is 5.99. The number of sulfonamides is 1. The van der Waals surface area contributed by atoms with E-state index < -0.39 is 22.0 Å². The molecule has 3 aromatic carbocycles. The number of benzene rings is 3. The topological polar surface area (TPSA) is 75.7 Å².